The summed E-state index contributed by atoms with van der Waals surface area (Å²) in [6.45, 7) is 2.36. The lowest BCUT2D eigenvalue weighted by atomic mass is 10.1. The number of ether oxygens (including phenoxy) is 1. The van der Waals surface area contributed by atoms with Crippen molar-refractivity contribution >= 4 is 22.5 Å². The lowest BCUT2D eigenvalue weighted by Crippen LogP contribution is -2.15. The molecule has 2 heterocycles. The topological polar surface area (TPSA) is 109 Å². The fourth-order valence-electron chi connectivity index (χ4n) is 3.37. The maximum absolute atomic E-state index is 12.2. The molecule has 2 aromatic heterocycles. The summed E-state index contributed by atoms with van der Waals surface area (Å²) in [6, 6.07) is 17.0. The summed E-state index contributed by atoms with van der Waals surface area (Å²) in [5.74, 6) is 0.0638. The van der Waals surface area contributed by atoms with Crippen molar-refractivity contribution in [2.24, 2.45) is 7.05 Å². The molecule has 0 aliphatic heterocycles. The minimum Gasteiger partial charge on any atom is -0.493 e. The maximum Gasteiger partial charge on any atom is 0.328 e. The number of carbonyl (C=O) groups is 1. The van der Waals surface area contributed by atoms with Crippen LogP contribution in [0.3, 0.4) is 0 Å². The number of amides is 1. The van der Waals surface area contributed by atoms with Crippen molar-refractivity contribution in [3.63, 3.8) is 0 Å². The molecule has 0 spiro atoms. The minimum absolute atomic E-state index is 0.144. The fourth-order valence-corrected chi connectivity index (χ4v) is 3.37. The molecule has 0 aliphatic rings. The van der Waals surface area contributed by atoms with E-state index in [0.29, 0.717) is 18.0 Å². The standard InChI is InChI=1S/C23H22N4O4/c1-14-11-15(18-5-3-4-6-19(18)24-14)13-31-17-9-7-16(8-10-17)25-21(28)12-20-22(29)27(2)23(30)26-20/h3-11,29H,12-13H2,1-2H3,(H,25,28)(H,26,30). The monoisotopic (exact) mass is 418 g/mol. The molecule has 0 aliphatic carbocycles. The van der Waals surface area contributed by atoms with Crippen LogP contribution in [0.1, 0.15) is 17.0 Å². The number of hydrogen-bond donors (Lipinski definition) is 3. The number of aromatic nitrogens is 3. The summed E-state index contributed by atoms with van der Waals surface area (Å²) >= 11 is 0. The Morgan fingerprint density at radius 3 is 2.65 bits per heavy atom. The van der Waals surface area contributed by atoms with Crippen LogP contribution in [0.4, 0.5) is 5.69 Å². The molecule has 4 aromatic rings. The zero-order chi connectivity index (χ0) is 22.0. The van der Waals surface area contributed by atoms with Gasteiger partial charge in [-0.1, -0.05) is 18.2 Å². The number of nitrogens with zero attached hydrogens (tertiary/aromatic N) is 2. The van der Waals surface area contributed by atoms with Crippen molar-refractivity contribution in [1.82, 2.24) is 14.5 Å². The van der Waals surface area contributed by atoms with E-state index < -0.39 is 5.69 Å². The molecule has 0 bridgehead atoms. The second-order valence-corrected chi connectivity index (χ2v) is 7.27. The van der Waals surface area contributed by atoms with Crippen molar-refractivity contribution in [2.75, 3.05) is 5.32 Å². The Hall–Kier alpha value is -4.07. The van der Waals surface area contributed by atoms with E-state index in [1.165, 1.54) is 7.05 Å². The van der Waals surface area contributed by atoms with E-state index in [1.54, 1.807) is 24.3 Å². The molecule has 0 unspecified atom stereocenters. The van der Waals surface area contributed by atoms with Crippen molar-refractivity contribution < 1.29 is 14.6 Å². The van der Waals surface area contributed by atoms with E-state index in [1.807, 2.05) is 37.3 Å². The molecule has 2 aromatic carbocycles. The molecule has 3 N–H and O–H groups in total. The molecule has 8 nitrogen and oxygen atoms in total. The first-order chi connectivity index (χ1) is 14.9. The van der Waals surface area contributed by atoms with Gasteiger partial charge in [-0.05, 0) is 43.3 Å². The Labute approximate surface area is 178 Å². The quantitative estimate of drug-likeness (QED) is 0.446. The first-order valence-corrected chi connectivity index (χ1v) is 9.75. The fraction of sp³-hybridized carbons (Fsp3) is 0.174. The highest BCUT2D eigenvalue weighted by molar-refractivity contribution is 5.92. The number of pyridine rings is 1. The van der Waals surface area contributed by atoms with Gasteiger partial charge in [0, 0.05) is 29.4 Å². The lowest BCUT2D eigenvalue weighted by molar-refractivity contribution is -0.115. The van der Waals surface area contributed by atoms with E-state index in [4.69, 9.17) is 4.74 Å². The summed E-state index contributed by atoms with van der Waals surface area (Å²) in [6.07, 6.45) is -0.144. The van der Waals surface area contributed by atoms with Crippen molar-refractivity contribution in [1.29, 1.82) is 0 Å². The number of para-hydroxylation sites is 1. The van der Waals surface area contributed by atoms with Gasteiger partial charge in [-0.2, -0.15) is 0 Å². The van der Waals surface area contributed by atoms with Crippen molar-refractivity contribution in [3.8, 4) is 11.6 Å². The number of rotatable bonds is 6. The third kappa shape index (κ3) is 4.42. The second kappa shape index (κ2) is 8.35. The number of aromatic hydroxyl groups is 1. The van der Waals surface area contributed by atoms with Crippen LogP contribution in [0.5, 0.6) is 11.6 Å². The molecule has 31 heavy (non-hydrogen) atoms. The number of hydrogen-bond acceptors (Lipinski definition) is 5. The van der Waals surface area contributed by atoms with Crippen LogP contribution in [0, 0.1) is 6.92 Å². The highest BCUT2D eigenvalue weighted by Crippen LogP contribution is 2.22. The summed E-state index contributed by atoms with van der Waals surface area (Å²) in [7, 11) is 1.42. The number of imidazole rings is 1. The molecule has 0 radical (unpaired) electrons. The third-order valence-electron chi connectivity index (χ3n) is 4.95. The van der Waals surface area contributed by atoms with Crippen molar-refractivity contribution in [3.05, 3.63) is 82.0 Å². The van der Waals surface area contributed by atoms with Gasteiger partial charge in [0.15, 0.2) is 0 Å². The van der Waals surface area contributed by atoms with Crippen LogP contribution in [-0.2, 0) is 24.9 Å². The molecule has 8 heteroatoms. The van der Waals surface area contributed by atoms with Crippen LogP contribution in [0.25, 0.3) is 10.9 Å². The largest absolute Gasteiger partial charge is 0.493 e. The van der Waals surface area contributed by atoms with Crippen LogP contribution < -0.4 is 15.7 Å². The highest BCUT2D eigenvalue weighted by Gasteiger charge is 2.14. The smallest absolute Gasteiger partial charge is 0.328 e. The number of carbonyl (C=O) groups excluding carboxylic acids is 1. The molecule has 0 saturated carbocycles. The Morgan fingerprint density at radius 1 is 1.19 bits per heavy atom. The summed E-state index contributed by atoms with van der Waals surface area (Å²) in [4.78, 5) is 30.7. The maximum atomic E-state index is 12.2. The van der Waals surface area contributed by atoms with Gasteiger partial charge in [0.2, 0.25) is 11.8 Å². The molecular weight excluding hydrogens is 396 g/mol. The molecule has 0 fully saturated rings. The average Bonchev–Trinajstić information content (AvgIpc) is 2.99. The average molecular weight is 418 g/mol. The van der Waals surface area contributed by atoms with Gasteiger partial charge >= 0.3 is 5.69 Å². The molecule has 1 amide bonds. The van der Waals surface area contributed by atoms with Crippen molar-refractivity contribution in [2.45, 2.75) is 20.0 Å². The van der Waals surface area contributed by atoms with E-state index in [-0.39, 0.29) is 23.9 Å². The zero-order valence-corrected chi connectivity index (χ0v) is 17.2. The van der Waals surface area contributed by atoms with Gasteiger partial charge in [-0.25, -0.2) is 4.79 Å². The Morgan fingerprint density at radius 2 is 1.94 bits per heavy atom. The summed E-state index contributed by atoms with van der Waals surface area (Å²) in [5.41, 5.74) is 3.20. The van der Waals surface area contributed by atoms with Gasteiger partial charge in [0.05, 0.1) is 17.6 Å². The summed E-state index contributed by atoms with van der Waals surface area (Å²) in [5, 5.41) is 13.6. The Kier molecular flexibility index (Phi) is 5.44. The predicted molar refractivity (Wildman–Crippen MR) is 117 cm³/mol. The Balaban J connectivity index is 1.39. The molecule has 158 valence electrons. The molecule has 4 rings (SSSR count). The van der Waals surface area contributed by atoms with E-state index in [2.05, 4.69) is 15.3 Å². The number of anilines is 1. The normalized spacial score (nSPS) is 10.9. The van der Waals surface area contributed by atoms with E-state index >= 15 is 0 Å². The first kappa shape index (κ1) is 20.2. The molecule has 0 saturated heterocycles. The number of fused-ring (bicyclic) bond motifs is 1. The zero-order valence-electron chi connectivity index (χ0n) is 17.2. The number of aryl methyl sites for hydroxylation is 1. The first-order valence-electron chi connectivity index (χ1n) is 9.75. The molecule has 0 atom stereocenters. The lowest BCUT2D eigenvalue weighted by Gasteiger charge is -2.11. The second-order valence-electron chi connectivity index (χ2n) is 7.27. The van der Waals surface area contributed by atoms with Gasteiger partial charge in [0.25, 0.3) is 0 Å². The van der Waals surface area contributed by atoms with Crippen LogP contribution in [0.15, 0.2) is 59.4 Å². The minimum atomic E-state index is -0.473. The molecular formula is C23H22N4O4. The van der Waals surface area contributed by atoms with E-state index in [9.17, 15) is 14.7 Å². The van der Waals surface area contributed by atoms with Crippen LogP contribution in [-0.4, -0.2) is 25.5 Å². The third-order valence-corrected chi connectivity index (χ3v) is 4.95. The SMILES string of the molecule is Cc1cc(COc2ccc(NC(=O)Cc3[nH]c(=O)n(C)c3O)cc2)c2ccccc2n1. The van der Waals surface area contributed by atoms with E-state index in [0.717, 1.165) is 26.7 Å². The van der Waals surface area contributed by atoms with Crippen LogP contribution in [0.2, 0.25) is 0 Å². The number of H-pyrrole nitrogens is 1. The van der Waals surface area contributed by atoms with Gasteiger partial charge in [-0.15, -0.1) is 0 Å². The number of nitrogens with one attached hydrogen (secondary N) is 2. The van der Waals surface area contributed by atoms with Gasteiger partial charge in [-0.3, -0.25) is 14.3 Å². The van der Waals surface area contributed by atoms with Gasteiger partial charge in [0.1, 0.15) is 12.4 Å². The number of benzene rings is 2. The predicted octanol–water partition coefficient (Wildman–Crippen LogP) is 3.04. The van der Waals surface area contributed by atoms with Crippen LogP contribution >= 0.6 is 0 Å². The highest BCUT2D eigenvalue weighted by atomic mass is 16.5. The summed E-state index contributed by atoms with van der Waals surface area (Å²) < 4.78 is 6.97. The van der Waals surface area contributed by atoms with Gasteiger partial charge < -0.3 is 20.1 Å². The number of aromatic amines is 1. The Bertz CT molecular complexity index is 1310.